The molecule has 2 unspecified atom stereocenters. The SMILES string of the molecule is COC(C)C(C)(OC)c1cc(F)cc(OCc2ccccc2)c1. The number of ether oxygens (including phenoxy) is 3. The van der Waals surface area contributed by atoms with Gasteiger partial charge in [-0.2, -0.15) is 0 Å². The van der Waals surface area contributed by atoms with Crippen LogP contribution in [0.1, 0.15) is 25.0 Å². The van der Waals surface area contributed by atoms with Crippen molar-refractivity contribution in [3.05, 3.63) is 65.5 Å². The van der Waals surface area contributed by atoms with Crippen LogP contribution in [0.5, 0.6) is 5.75 Å². The number of hydrogen-bond donors (Lipinski definition) is 0. The van der Waals surface area contributed by atoms with Crippen LogP contribution < -0.4 is 4.74 Å². The van der Waals surface area contributed by atoms with Crippen LogP contribution in [0.2, 0.25) is 0 Å². The van der Waals surface area contributed by atoms with E-state index in [1.807, 2.05) is 44.2 Å². The first-order chi connectivity index (χ1) is 11.0. The van der Waals surface area contributed by atoms with Crippen molar-refractivity contribution < 1.29 is 18.6 Å². The topological polar surface area (TPSA) is 27.7 Å². The van der Waals surface area contributed by atoms with Gasteiger partial charge in [0.1, 0.15) is 23.8 Å². The molecule has 0 radical (unpaired) electrons. The van der Waals surface area contributed by atoms with Crippen LogP contribution in [0.25, 0.3) is 0 Å². The number of rotatable bonds is 7. The average Bonchev–Trinajstić information content (AvgIpc) is 2.59. The second kappa shape index (κ2) is 7.57. The van der Waals surface area contributed by atoms with Gasteiger partial charge < -0.3 is 14.2 Å². The van der Waals surface area contributed by atoms with Crippen LogP contribution in [-0.4, -0.2) is 20.3 Å². The zero-order valence-electron chi connectivity index (χ0n) is 14.0. The molecule has 2 aromatic rings. The van der Waals surface area contributed by atoms with Crippen molar-refractivity contribution in [2.45, 2.75) is 32.2 Å². The molecule has 0 aliphatic carbocycles. The minimum Gasteiger partial charge on any atom is -0.489 e. The van der Waals surface area contributed by atoms with E-state index in [4.69, 9.17) is 14.2 Å². The van der Waals surface area contributed by atoms with Gasteiger partial charge in [-0.3, -0.25) is 0 Å². The smallest absolute Gasteiger partial charge is 0.127 e. The van der Waals surface area contributed by atoms with Gasteiger partial charge >= 0.3 is 0 Å². The van der Waals surface area contributed by atoms with E-state index in [2.05, 4.69) is 0 Å². The predicted molar refractivity (Wildman–Crippen MR) is 88.0 cm³/mol. The summed E-state index contributed by atoms with van der Waals surface area (Å²) in [5.41, 5.74) is 0.942. The standard InChI is InChI=1S/C19H23FO3/c1-14(21-3)19(2,22-4)16-10-17(20)12-18(11-16)23-13-15-8-6-5-7-9-15/h5-12,14H,13H2,1-4H3. The number of methoxy groups -OCH3 is 2. The summed E-state index contributed by atoms with van der Waals surface area (Å²) in [4.78, 5) is 0. The molecule has 0 amide bonds. The maximum Gasteiger partial charge on any atom is 0.127 e. The summed E-state index contributed by atoms with van der Waals surface area (Å²) >= 11 is 0. The molecule has 0 saturated carbocycles. The van der Waals surface area contributed by atoms with Gasteiger partial charge in [-0.1, -0.05) is 30.3 Å². The van der Waals surface area contributed by atoms with E-state index >= 15 is 0 Å². The first-order valence-electron chi connectivity index (χ1n) is 7.55. The Balaban J connectivity index is 2.24. The molecule has 0 aliphatic rings. The molecule has 0 fully saturated rings. The van der Waals surface area contributed by atoms with E-state index in [-0.39, 0.29) is 11.9 Å². The molecule has 0 saturated heterocycles. The van der Waals surface area contributed by atoms with Gasteiger partial charge in [-0.25, -0.2) is 4.39 Å². The van der Waals surface area contributed by atoms with Crippen LogP contribution in [0.4, 0.5) is 4.39 Å². The minimum atomic E-state index is -0.762. The van der Waals surface area contributed by atoms with E-state index in [0.29, 0.717) is 17.9 Å². The number of hydrogen-bond acceptors (Lipinski definition) is 3. The lowest BCUT2D eigenvalue weighted by molar-refractivity contribution is -0.104. The third-order valence-electron chi connectivity index (χ3n) is 4.25. The maximum atomic E-state index is 14.0. The molecule has 0 bridgehead atoms. The van der Waals surface area contributed by atoms with Crippen LogP contribution in [0.15, 0.2) is 48.5 Å². The van der Waals surface area contributed by atoms with Crippen LogP contribution in [-0.2, 0) is 21.7 Å². The number of halogens is 1. The molecular formula is C19H23FO3. The third kappa shape index (κ3) is 4.09. The van der Waals surface area contributed by atoms with Gasteiger partial charge in [-0.15, -0.1) is 0 Å². The summed E-state index contributed by atoms with van der Waals surface area (Å²) in [5, 5.41) is 0. The molecule has 3 nitrogen and oxygen atoms in total. The molecular weight excluding hydrogens is 295 g/mol. The molecule has 2 aromatic carbocycles. The Bertz CT molecular complexity index is 630. The van der Waals surface area contributed by atoms with Crippen LogP contribution in [0.3, 0.4) is 0 Å². The summed E-state index contributed by atoms with van der Waals surface area (Å²) in [6, 6.07) is 14.4. The average molecular weight is 318 g/mol. The van der Waals surface area contributed by atoms with E-state index in [0.717, 1.165) is 5.56 Å². The Labute approximate surface area is 137 Å². The fraction of sp³-hybridized carbons (Fsp3) is 0.368. The first-order valence-corrected chi connectivity index (χ1v) is 7.55. The molecule has 2 atom stereocenters. The highest BCUT2D eigenvalue weighted by atomic mass is 19.1. The monoisotopic (exact) mass is 318 g/mol. The van der Waals surface area contributed by atoms with Gasteiger partial charge in [-0.05, 0) is 37.1 Å². The molecule has 0 spiro atoms. The second-order valence-electron chi connectivity index (χ2n) is 5.64. The molecule has 23 heavy (non-hydrogen) atoms. The largest absolute Gasteiger partial charge is 0.489 e. The van der Waals surface area contributed by atoms with Gasteiger partial charge in [0.25, 0.3) is 0 Å². The van der Waals surface area contributed by atoms with Gasteiger partial charge in [0.2, 0.25) is 0 Å². The minimum absolute atomic E-state index is 0.240. The molecule has 0 N–H and O–H groups in total. The fourth-order valence-corrected chi connectivity index (χ4v) is 2.42. The predicted octanol–water partition coefficient (Wildman–Crippen LogP) is 4.30. The van der Waals surface area contributed by atoms with Crippen molar-refractivity contribution in [1.29, 1.82) is 0 Å². The van der Waals surface area contributed by atoms with Gasteiger partial charge in [0.05, 0.1) is 6.10 Å². The molecule has 124 valence electrons. The van der Waals surface area contributed by atoms with Gasteiger partial charge in [0.15, 0.2) is 0 Å². The molecule has 0 aromatic heterocycles. The van der Waals surface area contributed by atoms with E-state index in [1.165, 1.54) is 12.1 Å². The lowest BCUT2D eigenvalue weighted by Gasteiger charge is -2.34. The normalized spacial score (nSPS) is 15.0. The summed E-state index contributed by atoms with van der Waals surface area (Å²) in [5.74, 6) is 0.104. The molecule has 4 heteroatoms. The number of benzene rings is 2. The highest BCUT2D eigenvalue weighted by molar-refractivity contribution is 5.34. The molecule has 2 rings (SSSR count). The Morgan fingerprint density at radius 2 is 1.78 bits per heavy atom. The Kier molecular flexibility index (Phi) is 5.74. The Morgan fingerprint density at radius 1 is 1.09 bits per heavy atom. The quantitative estimate of drug-likeness (QED) is 0.762. The molecule has 0 heterocycles. The summed E-state index contributed by atoms with van der Waals surface area (Å²) in [6.07, 6.45) is -0.240. The summed E-state index contributed by atoms with van der Waals surface area (Å²) in [6.45, 7) is 4.14. The van der Waals surface area contributed by atoms with Crippen LogP contribution in [0, 0.1) is 5.82 Å². The summed E-state index contributed by atoms with van der Waals surface area (Å²) in [7, 11) is 3.19. The van der Waals surface area contributed by atoms with E-state index in [1.54, 1.807) is 20.3 Å². The van der Waals surface area contributed by atoms with Crippen molar-refractivity contribution in [3.8, 4) is 5.75 Å². The van der Waals surface area contributed by atoms with Crippen LogP contribution >= 0.6 is 0 Å². The zero-order chi connectivity index (χ0) is 16.9. The summed E-state index contributed by atoms with van der Waals surface area (Å²) < 4.78 is 30.7. The Morgan fingerprint density at radius 3 is 2.39 bits per heavy atom. The fourth-order valence-electron chi connectivity index (χ4n) is 2.42. The molecule has 0 aliphatic heterocycles. The van der Waals surface area contributed by atoms with Crippen molar-refractivity contribution in [2.75, 3.05) is 14.2 Å². The van der Waals surface area contributed by atoms with E-state index < -0.39 is 5.60 Å². The van der Waals surface area contributed by atoms with Gasteiger partial charge in [0, 0.05) is 20.3 Å². The lowest BCUT2D eigenvalue weighted by Crippen LogP contribution is -2.38. The Hall–Kier alpha value is -1.91. The van der Waals surface area contributed by atoms with Crippen molar-refractivity contribution in [2.24, 2.45) is 0 Å². The maximum absolute atomic E-state index is 14.0. The van der Waals surface area contributed by atoms with Crippen molar-refractivity contribution in [3.63, 3.8) is 0 Å². The first kappa shape index (κ1) is 17.4. The van der Waals surface area contributed by atoms with E-state index in [9.17, 15) is 4.39 Å². The second-order valence-corrected chi connectivity index (χ2v) is 5.64. The highest BCUT2D eigenvalue weighted by Crippen LogP contribution is 2.33. The van der Waals surface area contributed by atoms with Crippen molar-refractivity contribution in [1.82, 2.24) is 0 Å². The zero-order valence-corrected chi connectivity index (χ0v) is 14.0. The van der Waals surface area contributed by atoms with Crippen molar-refractivity contribution >= 4 is 0 Å². The third-order valence-corrected chi connectivity index (χ3v) is 4.25. The highest BCUT2D eigenvalue weighted by Gasteiger charge is 2.34. The lowest BCUT2D eigenvalue weighted by atomic mass is 9.90.